The third-order valence-corrected chi connectivity index (χ3v) is 6.18. The van der Waals surface area contributed by atoms with Crippen molar-refractivity contribution >= 4 is 67.2 Å². The van der Waals surface area contributed by atoms with Crippen molar-refractivity contribution in [2.45, 2.75) is 19.6 Å². The lowest BCUT2D eigenvalue weighted by Crippen LogP contribution is -2.34. The Morgan fingerprint density at radius 1 is 1.23 bits per heavy atom. The minimum absolute atomic E-state index is 0.0524. The predicted molar refractivity (Wildman–Crippen MR) is 119 cm³/mol. The molecule has 10 heteroatoms. The molecule has 4 aromatic rings. The SMILES string of the molecule is C[C@@H]1CNc2c(sc3ccc4nc(Nc5cc(Cl)nc(CO)n5)ccc4c23)C(=O)N1. The van der Waals surface area contributed by atoms with E-state index in [0.29, 0.717) is 23.1 Å². The van der Waals surface area contributed by atoms with E-state index in [-0.39, 0.29) is 29.5 Å². The first-order valence-electron chi connectivity index (χ1n) is 9.34. The average molecular weight is 441 g/mol. The second-order valence-electron chi connectivity index (χ2n) is 7.04. The van der Waals surface area contributed by atoms with Crippen LogP contribution in [0.1, 0.15) is 22.4 Å². The van der Waals surface area contributed by atoms with E-state index in [1.54, 1.807) is 6.07 Å². The molecule has 0 saturated heterocycles. The summed E-state index contributed by atoms with van der Waals surface area (Å²) in [6, 6.07) is 9.37. The van der Waals surface area contributed by atoms with Crippen LogP contribution in [0.3, 0.4) is 0 Å². The minimum Gasteiger partial charge on any atom is -0.388 e. The molecule has 4 N–H and O–H groups in total. The molecule has 1 aromatic carbocycles. The Bertz CT molecular complexity index is 1310. The maximum atomic E-state index is 12.6. The normalized spacial score (nSPS) is 16.1. The van der Waals surface area contributed by atoms with Crippen molar-refractivity contribution in [1.82, 2.24) is 20.3 Å². The molecule has 1 amide bonds. The van der Waals surface area contributed by atoms with Gasteiger partial charge in [0.25, 0.3) is 5.91 Å². The topological polar surface area (TPSA) is 112 Å². The summed E-state index contributed by atoms with van der Waals surface area (Å²) in [6.07, 6.45) is 0. The van der Waals surface area contributed by atoms with Crippen molar-refractivity contribution < 1.29 is 9.90 Å². The number of carbonyl (C=O) groups excluding carboxylic acids is 1. The Hall–Kier alpha value is -3.01. The number of aromatic nitrogens is 3. The third-order valence-electron chi connectivity index (χ3n) is 4.83. The van der Waals surface area contributed by atoms with Gasteiger partial charge in [0.2, 0.25) is 0 Å². The Labute approximate surface area is 180 Å². The van der Waals surface area contributed by atoms with Gasteiger partial charge >= 0.3 is 0 Å². The number of nitrogens with zero attached hydrogens (tertiary/aromatic N) is 3. The zero-order valence-corrected chi connectivity index (χ0v) is 17.4. The molecule has 152 valence electrons. The van der Waals surface area contributed by atoms with Crippen LogP contribution in [0.4, 0.5) is 17.3 Å². The van der Waals surface area contributed by atoms with Gasteiger partial charge in [-0.1, -0.05) is 11.6 Å². The number of rotatable bonds is 3. The van der Waals surface area contributed by atoms with Crippen molar-refractivity contribution in [2.24, 2.45) is 0 Å². The third kappa shape index (κ3) is 3.30. The van der Waals surface area contributed by atoms with Gasteiger partial charge in [0.15, 0.2) is 5.82 Å². The number of aliphatic hydroxyl groups is 1. The first-order valence-corrected chi connectivity index (χ1v) is 10.5. The number of hydrogen-bond donors (Lipinski definition) is 4. The number of nitrogens with one attached hydrogen (secondary N) is 3. The molecule has 0 spiro atoms. The van der Waals surface area contributed by atoms with Gasteiger partial charge in [0.1, 0.15) is 28.3 Å². The summed E-state index contributed by atoms with van der Waals surface area (Å²) < 4.78 is 1.03. The number of benzene rings is 1. The average Bonchev–Trinajstić information content (AvgIpc) is 3.04. The van der Waals surface area contributed by atoms with Crippen molar-refractivity contribution in [3.8, 4) is 0 Å². The number of fused-ring (bicyclic) bond motifs is 5. The van der Waals surface area contributed by atoms with Crippen molar-refractivity contribution in [2.75, 3.05) is 17.2 Å². The molecule has 1 aliphatic heterocycles. The first-order chi connectivity index (χ1) is 14.5. The molecular weight excluding hydrogens is 424 g/mol. The lowest BCUT2D eigenvalue weighted by Gasteiger charge is -2.10. The molecule has 1 atom stereocenters. The first kappa shape index (κ1) is 19.0. The molecule has 0 saturated carbocycles. The lowest BCUT2D eigenvalue weighted by atomic mass is 10.1. The number of thiophene rings is 1. The zero-order valence-electron chi connectivity index (χ0n) is 15.9. The molecule has 3 aromatic heterocycles. The summed E-state index contributed by atoms with van der Waals surface area (Å²) in [5.74, 6) is 1.21. The minimum atomic E-state index is -0.305. The number of aliphatic hydroxyl groups excluding tert-OH is 1. The van der Waals surface area contributed by atoms with Gasteiger partial charge < -0.3 is 21.1 Å². The van der Waals surface area contributed by atoms with Crippen LogP contribution in [0.25, 0.3) is 21.0 Å². The highest BCUT2D eigenvalue weighted by Gasteiger charge is 2.24. The van der Waals surface area contributed by atoms with Gasteiger partial charge in [-0.3, -0.25) is 4.79 Å². The van der Waals surface area contributed by atoms with E-state index in [9.17, 15) is 9.90 Å². The smallest absolute Gasteiger partial charge is 0.263 e. The Kier molecular flexibility index (Phi) is 4.65. The highest BCUT2D eigenvalue weighted by Crippen LogP contribution is 2.41. The quantitative estimate of drug-likeness (QED) is 0.359. The number of carbonyl (C=O) groups is 1. The molecule has 1 aliphatic rings. The van der Waals surface area contributed by atoms with Crippen LogP contribution in [0, 0.1) is 0 Å². The molecule has 0 unspecified atom stereocenters. The maximum absolute atomic E-state index is 12.6. The molecular formula is C20H17ClN6O2S. The van der Waals surface area contributed by atoms with Crippen molar-refractivity contribution in [3.63, 3.8) is 0 Å². The predicted octanol–water partition coefficient (Wildman–Crippen LogP) is 3.67. The van der Waals surface area contributed by atoms with Crippen LogP contribution < -0.4 is 16.0 Å². The van der Waals surface area contributed by atoms with Crippen LogP contribution >= 0.6 is 22.9 Å². The molecule has 0 aliphatic carbocycles. The van der Waals surface area contributed by atoms with Gasteiger partial charge in [-0.2, -0.15) is 0 Å². The summed E-state index contributed by atoms with van der Waals surface area (Å²) in [7, 11) is 0. The van der Waals surface area contributed by atoms with E-state index in [0.717, 1.165) is 26.7 Å². The lowest BCUT2D eigenvalue weighted by molar-refractivity contribution is 0.0949. The Morgan fingerprint density at radius 2 is 2.10 bits per heavy atom. The van der Waals surface area contributed by atoms with Gasteiger partial charge in [-0.15, -0.1) is 11.3 Å². The molecule has 8 nitrogen and oxygen atoms in total. The van der Waals surface area contributed by atoms with Gasteiger partial charge in [-0.25, -0.2) is 15.0 Å². The fraction of sp³-hybridized carbons (Fsp3) is 0.200. The van der Waals surface area contributed by atoms with Crippen molar-refractivity contribution in [1.29, 1.82) is 0 Å². The second-order valence-corrected chi connectivity index (χ2v) is 8.48. The number of amides is 1. The van der Waals surface area contributed by atoms with Gasteiger partial charge in [0.05, 0.1) is 11.2 Å². The standard InChI is InChI=1S/C20H17ClN6O2S/c1-9-7-22-18-17-10-2-5-14(26-15-6-13(21)25-16(8-28)27-15)24-11(10)3-4-12(17)30-19(18)20(29)23-9/h2-6,9,22,28H,7-8H2,1H3,(H,23,29)(H,24,25,26,27)/t9-/m1/s1. The second kappa shape index (κ2) is 7.35. The Morgan fingerprint density at radius 3 is 2.93 bits per heavy atom. The fourth-order valence-corrected chi connectivity index (χ4v) is 4.82. The summed E-state index contributed by atoms with van der Waals surface area (Å²) in [6.45, 7) is 2.33. The number of anilines is 3. The zero-order chi connectivity index (χ0) is 20.8. The maximum Gasteiger partial charge on any atom is 0.263 e. The van der Waals surface area contributed by atoms with Crippen LogP contribution in [0.5, 0.6) is 0 Å². The van der Waals surface area contributed by atoms with E-state index >= 15 is 0 Å². The summed E-state index contributed by atoms with van der Waals surface area (Å²) >= 11 is 7.46. The molecule has 5 rings (SSSR count). The molecule has 30 heavy (non-hydrogen) atoms. The van der Waals surface area contributed by atoms with Gasteiger partial charge in [-0.05, 0) is 31.2 Å². The van der Waals surface area contributed by atoms with E-state index in [1.165, 1.54) is 11.3 Å². The van der Waals surface area contributed by atoms with E-state index in [4.69, 9.17) is 16.6 Å². The van der Waals surface area contributed by atoms with Crippen LogP contribution in [0.15, 0.2) is 30.3 Å². The monoisotopic (exact) mass is 440 g/mol. The van der Waals surface area contributed by atoms with Crippen LogP contribution in [-0.4, -0.2) is 38.6 Å². The number of pyridine rings is 1. The summed E-state index contributed by atoms with van der Waals surface area (Å²) in [4.78, 5) is 26.1. The largest absolute Gasteiger partial charge is 0.388 e. The van der Waals surface area contributed by atoms with Crippen molar-refractivity contribution in [3.05, 3.63) is 46.2 Å². The van der Waals surface area contributed by atoms with Crippen LogP contribution in [-0.2, 0) is 6.61 Å². The van der Waals surface area contributed by atoms with E-state index < -0.39 is 0 Å². The summed E-state index contributed by atoms with van der Waals surface area (Å²) in [5.41, 5.74) is 1.65. The number of halogens is 1. The highest BCUT2D eigenvalue weighted by molar-refractivity contribution is 7.21. The molecule has 4 heterocycles. The van der Waals surface area contributed by atoms with Gasteiger partial charge in [0, 0.05) is 34.1 Å². The molecule has 0 bridgehead atoms. The van der Waals surface area contributed by atoms with E-state index in [2.05, 4.69) is 25.9 Å². The van der Waals surface area contributed by atoms with Crippen LogP contribution in [0.2, 0.25) is 5.15 Å². The fourth-order valence-electron chi connectivity index (χ4n) is 3.53. The number of hydrogen-bond acceptors (Lipinski definition) is 8. The highest BCUT2D eigenvalue weighted by atomic mass is 35.5. The molecule has 0 radical (unpaired) electrons. The Balaban J connectivity index is 1.58. The summed E-state index contributed by atoms with van der Waals surface area (Å²) in [5, 5.41) is 21.0. The molecule has 0 fully saturated rings. The van der Waals surface area contributed by atoms with E-state index in [1.807, 2.05) is 31.2 Å².